The summed E-state index contributed by atoms with van der Waals surface area (Å²) in [6, 6.07) is -0.667. The number of aromatic nitrogens is 2. The zero-order valence-electron chi connectivity index (χ0n) is 10.1. The second-order valence-electron chi connectivity index (χ2n) is 4.27. The van der Waals surface area contributed by atoms with Crippen molar-refractivity contribution in [2.75, 3.05) is 6.67 Å². The molecule has 102 valence electrons. The average Bonchev–Trinajstić information content (AvgIpc) is 2.77. The van der Waals surface area contributed by atoms with Gasteiger partial charge < -0.3 is 4.74 Å². The first-order valence-corrected chi connectivity index (χ1v) is 5.64. The Hall–Kier alpha value is -2.12. The zero-order chi connectivity index (χ0) is 14.0. The van der Waals surface area contributed by atoms with Crippen LogP contribution < -0.4 is 11.2 Å². The number of azide groups is 1. The second kappa shape index (κ2) is 5.25. The normalized spacial score (nSPS) is 26.1. The number of aromatic amines is 1. The number of aryl methyl sites for hydroxylation is 1. The van der Waals surface area contributed by atoms with Crippen molar-refractivity contribution in [2.45, 2.75) is 31.7 Å². The first-order chi connectivity index (χ1) is 9.06. The zero-order valence-corrected chi connectivity index (χ0v) is 10.1. The fraction of sp³-hybridized carbons (Fsp3) is 0.600. The minimum Gasteiger partial charge on any atom is -0.351 e. The lowest BCUT2D eigenvalue weighted by molar-refractivity contribution is -0.0129. The van der Waals surface area contributed by atoms with Crippen LogP contribution in [0.2, 0.25) is 0 Å². The molecule has 1 fully saturated rings. The maximum Gasteiger partial charge on any atom is 0.330 e. The molecule has 2 rings (SSSR count). The molecule has 0 saturated carbocycles. The van der Waals surface area contributed by atoms with Gasteiger partial charge in [0.15, 0.2) is 0 Å². The van der Waals surface area contributed by atoms with Gasteiger partial charge >= 0.3 is 5.69 Å². The van der Waals surface area contributed by atoms with Gasteiger partial charge in [0.2, 0.25) is 0 Å². The number of nitrogens with zero attached hydrogens (tertiary/aromatic N) is 4. The van der Waals surface area contributed by atoms with Gasteiger partial charge in [-0.3, -0.25) is 14.3 Å². The number of halogens is 1. The van der Waals surface area contributed by atoms with Crippen molar-refractivity contribution in [2.24, 2.45) is 5.11 Å². The van der Waals surface area contributed by atoms with Crippen LogP contribution in [0.15, 0.2) is 20.9 Å². The van der Waals surface area contributed by atoms with E-state index in [-0.39, 0.29) is 6.42 Å². The SMILES string of the molecule is Cc1cn([C@H]2CC(N=[N+]=[N-])[C@@H](CF)O2)c(=O)[nH]c1=O. The number of hydrogen-bond donors (Lipinski definition) is 1. The molecule has 1 saturated heterocycles. The Morgan fingerprint density at radius 1 is 1.68 bits per heavy atom. The van der Waals surface area contributed by atoms with Gasteiger partial charge in [0.25, 0.3) is 5.56 Å². The highest BCUT2D eigenvalue weighted by molar-refractivity contribution is 5.02. The van der Waals surface area contributed by atoms with Crippen LogP contribution in [0.5, 0.6) is 0 Å². The van der Waals surface area contributed by atoms with Gasteiger partial charge in [-0.25, -0.2) is 9.18 Å². The lowest BCUT2D eigenvalue weighted by Crippen LogP contribution is -2.33. The van der Waals surface area contributed by atoms with E-state index >= 15 is 0 Å². The molecule has 0 amide bonds. The standard InChI is InChI=1S/C10H12FN5O3/c1-5-4-16(10(18)13-9(5)17)8-2-6(14-15-12)7(3-11)19-8/h4,6-8H,2-3H2,1H3,(H,13,17,18)/t6?,7-,8-/m1/s1. The van der Waals surface area contributed by atoms with E-state index in [9.17, 15) is 14.0 Å². The second-order valence-corrected chi connectivity index (χ2v) is 4.27. The fourth-order valence-corrected chi connectivity index (χ4v) is 2.01. The molecule has 0 aromatic carbocycles. The van der Waals surface area contributed by atoms with E-state index in [2.05, 4.69) is 15.0 Å². The van der Waals surface area contributed by atoms with Crippen LogP contribution in [-0.4, -0.2) is 28.4 Å². The largest absolute Gasteiger partial charge is 0.351 e. The molecule has 1 aliphatic rings. The Bertz CT molecular complexity index is 633. The third kappa shape index (κ3) is 2.51. The van der Waals surface area contributed by atoms with Crippen LogP contribution in [0.3, 0.4) is 0 Å². The summed E-state index contributed by atoms with van der Waals surface area (Å²) in [5.41, 5.74) is 7.62. The molecule has 0 radical (unpaired) electrons. The van der Waals surface area contributed by atoms with E-state index in [0.717, 1.165) is 0 Å². The molecular weight excluding hydrogens is 257 g/mol. The highest BCUT2D eigenvalue weighted by Crippen LogP contribution is 2.30. The van der Waals surface area contributed by atoms with Crippen molar-refractivity contribution in [3.05, 3.63) is 43.0 Å². The molecular formula is C10H12FN5O3. The summed E-state index contributed by atoms with van der Waals surface area (Å²) in [7, 11) is 0. The van der Waals surface area contributed by atoms with E-state index in [1.807, 2.05) is 0 Å². The van der Waals surface area contributed by atoms with Crippen LogP contribution in [0.25, 0.3) is 10.4 Å². The molecule has 2 heterocycles. The quantitative estimate of drug-likeness (QED) is 0.497. The van der Waals surface area contributed by atoms with Gasteiger partial charge in [0.05, 0.1) is 12.1 Å². The Morgan fingerprint density at radius 2 is 2.42 bits per heavy atom. The summed E-state index contributed by atoms with van der Waals surface area (Å²) in [6.07, 6.45) is -0.0942. The Balaban J connectivity index is 2.34. The number of alkyl halides is 1. The number of rotatable bonds is 3. The lowest BCUT2D eigenvalue weighted by atomic mass is 10.1. The van der Waals surface area contributed by atoms with Gasteiger partial charge in [-0.15, -0.1) is 0 Å². The van der Waals surface area contributed by atoms with E-state index in [0.29, 0.717) is 5.56 Å². The highest BCUT2D eigenvalue weighted by Gasteiger charge is 2.36. The first kappa shape index (κ1) is 13.3. The monoisotopic (exact) mass is 269 g/mol. The molecule has 8 nitrogen and oxygen atoms in total. The maximum absolute atomic E-state index is 12.8. The predicted molar refractivity (Wildman–Crippen MR) is 63.5 cm³/mol. The van der Waals surface area contributed by atoms with Gasteiger partial charge in [-0.1, -0.05) is 5.11 Å². The van der Waals surface area contributed by atoms with E-state index in [4.69, 9.17) is 10.3 Å². The van der Waals surface area contributed by atoms with Crippen LogP contribution >= 0.6 is 0 Å². The van der Waals surface area contributed by atoms with Gasteiger partial charge in [-0.2, -0.15) is 0 Å². The van der Waals surface area contributed by atoms with Gasteiger partial charge in [0.1, 0.15) is 12.9 Å². The van der Waals surface area contributed by atoms with Crippen molar-refractivity contribution in [1.82, 2.24) is 9.55 Å². The van der Waals surface area contributed by atoms with Crippen LogP contribution in [0, 0.1) is 6.92 Å². The minimum atomic E-state index is -0.875. The van der Waals surface area contributed by atoms with Crippen molar-refractivity contribution in [1.29, 1.82) is 0 Å². The lowest BCUT2D eigenvalue weighted by Gasteiger charge is -2.14. The summed E-state index contributed by atoms with van der Waals surface area (Å²) in [6.45, 7) is 0.735. The topological polar surface area (TPSA) is 113 Å². The molecule has 19 heavy (non-hydrogen) atoms. The molecule has 1 aromatic heterocycles. The third-order valence-corrected chi connectivity index (χ3v) is 3.01. The molecule has 1 aliphatic heterocycles. The predicted octanol–water partition coefficient (Wildman–Crippen LogP) is 0.781. The number of H-pyrrole nitrogens is 1. The molecule has 9 heteroatoms. The van der Waals surface area contributed by atoms with Crippen LogP contribution in [0.4, 0.5) is 4.39 Å². The molecule has 0 bridgehead atoms. The third-order valence-electron chi connectivity index (χ3n) is 3.01. The highest BCUT2D eigenvalue weighted by atomic mass is 19.1. The van der Waals surface area contributed by atoms with E-state index in [1.165, 1.54) is 10.8 Å². The minimum absolute atomic E-state index is 0.185. The van der Waals surface area contributed by atoms with Crippen molar-refractivity contribution < 1.29 is 9.13 Å². The van der Waals surface area contributed by atoms with Crippen LogP contribution in [-0.2, 0) is 4.74 Å². The average molecular weight is 269 g/mol. The summed E-state index contributed by atoms with van der Waals surface area (Å²) in [5.74, 6) is 0. The number of nitrogens with one attached hydrogen (secondary N) is 1. The summed E-state index contributed by atoms with van der Waals surface area (Å²) >= 11 is 0. The Labute approximate surface area is 106 Å². The van der Waals surface area contributed by atoms with Crippen molar-refractivity contribution in [3.63, 3.8) is 0 Å². The number of ether oxygens (including phenoxy) is 1. The molecule has 1 aromatic rings. The van der Waals surface area contributed by atoms with Crippen molar-refractivity contribution in [3.8, 4) is 0 Å². The van der Waals surface area contributed by atoms with Gasteiger partial charge in [-0.05, 0) is 12.5 Å². The molecule has 1 N–H and O–H groups in total. The smallest absolute Gasteiger partial charge is 0.330 e. The maximum atomic E-state index is 12.8. The summed E-state index contributed by atoms with van der Waals surface area (Å²) in [5, 5.41) is 3.45. The van der Waals surface area contributed by atoms with E-state index < -0.39 is 36.3 Å². The number of hydrogen-bond acceptors (Lipinski definition) is 4. The Morgan fingerprint density at radius 3 is 3.05 bits per heavy atom. The fourth-order valence-electron chi connectivity index (χ4n) is 2.01. The molecule has 3 atom stereocenters. The van der Waals surface area contributed by atoms with Crippen molar-refractivity contribution >= 4 is 0 Å². The molecule has 0 spiro atoms. The summed E-state index contributed by atoms with van der Waals surface area (Å²) < 4.78 is 19.3. The summed E-state index contributed by atoms with van der Waals surface area (Å²) in [4.78, 5) is 27.7. The Kier molecular flexibility index (Phi) is 3.68. The molecule has 1 unspecified atom stereocenters. The van der Waals surface area contributed by atoms with E-state index in [1.54, 1.807) is 6.92 Å². The first-order valence-electron chi connectivity index (χ1n) is 5.64. The molecule has 0 aliphatic carbocycles. The van der Waals surface area contributed by atoms with Gasteiger partial charge in [0, 0.05) is 23.1 Å². The van der Waals surface area contributed by atoms with Crippen LogP contribution in [0.1, 0.15) is 18.2 Å².